The Hall–Kier alpha value is -2.26. The molecule has 0 bridgehead atoms. The van der Waals surface area contributed by atoms with Crippen LogP contribution in [0.3, 0.4) is 0 Å². The molecule has 3 aromatic carbocycles. The van der Waals surface area contributed by atoms with Crippen molar-refractivity contribution in [2.75, 3.05) is 6.61 Å². The summed E-state index contributed by atoms with van der Waals surface area (Å²) in [5.74, 6) is 0.847. The third-order valence-electron chi connectivity index (χ3n) is 4.40. The smallest absolute Gasteiger partial charge is 0.119 e. The van der Waals surface area contributed by atoms with E-state index >= 15 is 0 Å². The van der Waals surface area contributed by atoms with Gasteiger partial charge in [-0.2, -0.15) is 0 Å². The van der Waals surface area contributed by atoms with Crippen LogP contribution in [0, 0.1) is 0 Å². The van der Waals surface area contributed by atoms with Gasteiger partial charge < -0.3 is 4.74 Å². The first-order chi connectivity index (χ1) is 13.2. The second-order valence-corrected chi connectivity index (χ2v) is 7.00. The van der Waals surface area contributed by atoms with Crippen molar-refractivity contribution in [3.8, 4) is 28.1 Å². The first-order valence-electron chi connectivity index (χ1n) is 8.74. The number of pyridine rings is 1. The van der Waals surface area contributed by atoms with Gasteiger partial charge in [0.2, 0.25) is 0 Å². The van der Waals surface area contributed by atoms with Crippen LogP contribution in [-0.4, -0.2) is 11.6 Å². The molecule has 0 saturated heterocycles. The molecule has 0 fully saturated rings. The highest BCUT2D eigenvalue weighted by Crippen LogP contribution is 2.36. The highest BCUT2D eigenvalue weighted by atomic mass is 35.5. The van der Waals surface area contributed by atoms with Gasteiger partial charge >= 0.3 is 0 Å². The standard InChI is InChI=1S/C23H17Cl2NO.ClH/c1-2-27-17-10-7-15(8-11-17)23-14-19(18-5-3-4-6-21(18)25)20-13-16(24)9-12-22(20)26-23;/h3-14H,2H2,1H3;1H. The molecule has 0 spiro atoms. The lowest BCUT2D eigenvalue weighted by Crippen LogP contribution is -1.92. The van der Waals surface area contributed by atoms with Crippen LogP contribution in [0.4, 0.5) is 0 Å². The lowest BCUT2D eigenvalue weighted by molar-refractivity contribution is 0.340. The van der Waals surface area contributed by atoms with Crippen molar-refractivity contribution in [3.63, 3.8) is 0 Å². The van der Waals surface area contributed by atoms with Crippen molar-refractivity contribution in [3.05, 3.63) is 82.8 Å². The molecule has 0 aliphatic heterocycles. The average Bonchev–Trinajstić information content (AvgIpc) is 2.69. The normalized spacial score (nSPS) is 10.5. The van der Waals surface area contributed by atoms with Crippen LogP contribution in [0.2, 0.25) is 10.0 Å². The molecule has 0 unspecified atom stereocenters. The Labute approximate surface area is 180 Å². The first-order valence-corrected chi connectivity index (χ1v) is 9.50. The maximum absolute atomic E-state index is 6.48. The second-order valence-electron chi connectivity index (χ2n) is 6.15. The number of ether oxygens (including phenoxy) is 1. The van der Waals surface area contributed by atoms with Crippen LogP contribution in [0.25, 0.3) is 33.3 Å². The van der Waals surface area contributed by atoms with Gasteiger partial charge in [-0.15, -0.1) is 12.4 Å². The SMILES string of the molecule is CCOc1ccc(-c2cc(-c3ccccc3Cl)c3cc(Cl)ccc3n2)cc1.Cl. The summed E-state index contributed by atoms with van der Waals surface area (Å²) in [4.78, 5) is 4.84. The molecule has 142 valence electrons. The third kappa shape index (κ3) is 4.10. The quantitative estimate of drug-likeness (QED) is 0.331. The number of hydrogen-bond donors (Lipinski definition) is 0. The fourth-order valence-corrected chi connectivity index (χ4v) is 3.55. The molecule has 4 rings (SSSR count). The van der Waals surface area contributed by atoms with Crippen molar-refractivity contribution in [1.82, 2.24) is 4.98 Å². The van der Waals surface area contributed by atoms with Gasteiger partial charge in [0.1, 0.15) is 5.75 Å². The van der Waals surface area contributed by atoms with Gasteiger partial charge in [0.05, 0.1) is 17.8 Å². The molecule has 0 N–H and O–H groups in total. The summed E-state index contributed by atoms with van der Waals surface area (Å²) in [5, 5.41) is 2.35. The number of fused-ring (bicyclic) bond motifs is 1. The highest BCUT2D eigenvalue weighted by molar-refractivity contribution is 6.34. The maximum atomic E-state index is 6.48. The van der Waals surface area contributed by atoms with Gasteiger partial charge in [0, 0.05) is 26.6 Å². The molecular formula is C23H18Cl3NO. The molecule has 0 saturated carbocycles. The zero-order valence-electron chi connectivity index (χ0n) is 15.2. The van der Waals surface area contributed by atoms with Gasteiger partial charge in [-0.1, -0.05) is 41.4 Å². The second kappa shape index (κ2) is 8.83. The minimum Gasteiger partial charge on any atom is -0.494 e. The highest BCUT2D eigenvalue weighted by Gasteiger charge is 2.12. The molecular weight excluding hydrogens is 413 g/mol. The Morgan fingerprint density at radius 3 is 2.32 bits per heavy atom. The van der Waals surface area contributed by atoms with E-state index in [4.69, 9.17) is 32.9 Å². The van der Waals surface area contributed by atoms with Gasteiger partial charge in [-0.3, -0.25) is 0 Å². The van der Waals surface area contributed by atoms with Crippen LogP contribution in [0.1, 0.15) is 6.92 Å². The monoisotopic (exact) mass is 429 g/mol. The van der Waals surface area contributed by atoms with Gasteiger partial charge in [0.15, 0.2) is 0 Å². The Balaban J connectivity index is 0.00000225. The van der Waals surface area contributed by atoms with Crippen LogP contribution in [0.15, 0.2) is 72.8 Å². The minimum absolute atomic E-state index is 0. The molecule has 0 radical (unpaired) electrons. The summed E-state index contributed by atoms with van der Waals surface area (Å²) in [6.07, 6.45) is 0. The van der Waals surface area contributed by atoms with E-state index in [9.17, 15) is 0 Å². The summed E-state index contributed by atoms with van der Waals surface area (Å²) in [6.45, 7) is 2.62. The van der Waals surface area contributed by atoms with Crippen molar-refractivity contribution < 1.29 is 4.74 Å². The van der Waals surface area contributed by atoms with Gasteiger partial charge in [-0.05, 0) is 67.1 Å². The summed E-state index contributed by atoms with van der Waals surface area (Å²) in [6, 6.07) is 23.6. The van der Waals surface area contributed by atoms with Gasteiger partial charge in [-0.25, -0.2) is 4.98 Å². The van der Waals surface area contributed by atoms with E-state index in [2.05, 4.69) is 6.07 Å². The molecule has 28 heavy (non-hydrogen) atoms. The Bertz CT molecular complexity index is 1110. The van der Waals surface area contributed by atoms with Crippen molar-refractivity contribution >= 4 is 46.5 Å². The number of aromatic nitrogens is 1. The molecule has 5 heteroatoms. The Morgan fingerprint density at radius 1 is 0.857 bits per heavy atom. The largest absolute Gasteiger partial charge is 0.494 e. The molecule has 1 aromatic heterocycles. The molecule has 1 heterocycles. The summed E-state index contributed by atoms with van der Waals surface area (Å²) >= 11 is 12.7. The Kier molecular flexibility index (Phi) is 6.46. The molecule has 0 aliphatic rings. The van der Waals surface area contributed by atoms with E-state index < -0.39 is 0 Å². The van der Waals surface area contributed by atoms with Crippen LogP contribution >= 0.6 is 35.6 Å². The predicted molar refractivity (Wildman–Crippen MR) is 121 cm³/mol. The van der Waals surface area contributed by atoms with Crippen molar-refractivity contribution in [2.45, 2.75) is 6.92 Å². The predicted octanol–water partition coefficient (Wildman–Crippen LogP) is 7.70. The number of hydrogen-bond acceptors (Lipinski definition) is 2. The van der Waals surface area contributed by atoms with E-state index in [1.54, 1.807) is 0 Å². The number of rotatable bonds is 4. The number of halogens is 3. The van der Waals surface area contributed by atoms with Gasteiger partial charge in [0.25, 0.3) is 0 Å². The first kappa shape index (κ1) is 20.5. The van der Waals surface area contributed by atoms with Crippen molar-refractivity contribution in [2.24, 2.45) is 0 Å². The van der Waals surface area contributed by atoms with E-state index in [1.165, 1.54) is 0 Å². The maximum Gasteiger partial charge on any atom is 0.119 e. The molecule has 4 aromatic rings. The minimum atomic E-state index is 0. The number of benzene rings is 3. The topological polar surface area (TPSA) is 22.1 Å². The molecule has 2 nitrogen and oxygen atoms in total. The van der Waals surface area contributed by atoms with E-state index in [0.29, 0.717) is 16.7 Å². The van der Waals surface area contributed by atoms with E-state index in [1.807, 2.05) is 73.7 Å². The van der Waals surface area contributed by atoms with Crippen LogP contribution < -0.4 is 4.74 Å². The lowest BCUT2D eigenvalue weighted by atomic mass is 9.98. The Morgan fingerprint density at radius 2 is 1.61 bits per heavy atom. The summed E-state index contributed by atoms with van der Waals surface area (Å²) in [5.41, 5.74) is 4.74. The summed E-state index contributed by atoms with van der Waals surface area (Å²) in [7, 11) is 0. The fourth-order valence-electron chi connectivity index (χ4n) is 3.14. The number of nitrogens with zero attached hydrogens (tertiary/aromatic N) is 1. The third-order valence-corrected chi connectivity index (χ3v) is 4.96. The molecule has 0 amide bonds. The van der Waals surface area contributed by atoms with E-state index in [-0.39, 0.29) is 12.4 Å². The van der Waals surface area contributed by atoms with Crippen LogP contribution in [-0.2, 0) is 0 Å². The average molecular weight is 431 g/mol. The van der Waals surface area contributed by atoms with E-state index in [0.717, 1.165) is 39.0 Å². The van der Waals surface area contributed by atoms with Crippen molar-refractivity contribution in [1.29, 1.82) is 0 Å². The lowest BCUT2D eigenvalue weighted by Gasteiger charge is -2.12. The zero-order chi connectivity index (χ0) is 18.8. The zero-order valence-corrected chi connectivity index (χ0v) is 17.5. The van der Waals surface area contributed by atoms with Crippen LogP contribution in [0.5, 0.6) is 5.75 Å². The molecule has 0 atom stereocenters. The molecule has 0 aliphatic carbocycles. The summed E-state index contributed by atoms with van der Waals surface area (Å²) < 4.78 is 5.54. The fraction of sp³-hybridized carbons (Fsp3) is 0.0870.